The normalized spacial score (nSPS) is 13.0. The Morgan fingerprint density at radius 3 is 2.43 bits per heavy atom. The second-order valence-electron chi connectivity index (χ2n) is 4.68. The Morgan fingerprint density at radius 2 is 1.95 bits per heavy atom. The minimum Gasteiger partial charge on any atom is -0.349 e. The van der Waals surface area contributed by atoms with E-state index >= 15 is 0 Å². The van der Waals surface area contributed by atoms with E-state index < -0.39 is 15.9 Å². The summed E-state index contributed by atoms with van der Waals surface area (Å²) >= 11 is 11.9. The molecule has 0 fully saturated rings. The summed E-state index contributed by atoms with van der Waals surface area (Å²) < 4.78 is 22.8. The highest BCUT2D eigenvalue weighted by Crippen LogP contribution is 2.29. The Kier molecular flexibility index (Phi) is 6.46. The van der Waals surface area contributed by atoms with Gasteiger partial charge in [-0.3, -0.25) is 4.79 Å². The minimum atomic E-state index is -3.97. The summed E-state index contributed by atoms with van der Waals surface area (Å²) in [5.74, 6) is -0.465. The van der Waals surface area contributed by atoms with Crippen LogP contribution in [0.1, 0.15) is 43.5 Å². The number of carbonyl (C=O) groups excluding carboxylic acids is 1. The van der Waals surface area contributed by atoms with Crippen LogP contribution in [0.15, 0.2) is 17.0 Å². The highest BCUT2D eigenvalue weighted by Gasteiger charge is 2.20. The Hall–Kier alpha value is -0.820. The summed E-state index contributed by atoms with van der Waals surface area (Å²) in [4.78, 5) is 12.0. The first-order valence-corrected chi connectivity index (χ1v) is 8.83. The number of rotatable bonds is 6. The molecule has 0 heterocycles. The number of nitrogens with two attached hydrogens (primary N) is 1. The van der Waals surface area contributed by atoms with Gasteiger partial charge >= 0.3 is 0 Å². The van der Waals surface area contributed by atoms with Crippen molar-refractivity contribution in [3.63, 3.8) is 0 Å². The molecule has 21 heavy (non-hydrogen) atoms. The van der Waals surface area contributed by atoms with Crippen LogP contribution in [0.25, 0.3) is 0 Å². The van der Waals surface area contributed by atoms with E-state index in [0.717, 1.165) is 31.4 Å². The summed E-state index contributed by atoms with van der Waals surface area (Å²) in [6, 6.07) is 2.26. The van der Waals surface area contributed by atoms with E-state index in [2.05, 4.69) is 5.32 Å². The molecule has 0 aromatic heterocycles. The highest BCUT2D eigenvalue weighted by atomic mass is 35.5. The Bertz CT molecular complexity index is 633. The second-order valence-corrected chi connectivity index (χ2v) is 7.03. The van der Waals surface area contributed by atoms with Gasteiger partial charge in [0.25, 0.3) is 5.91 Å². The molecule has 3 N–H and O–H groups in total. The molecule has 118 valence electrons. The minimum absolute atomic E-state index is 0.00254. The third kappa shape index (κ3) is 4.85. The Balaban J connectivity index is 3.17. The average molecular weight is 353 g/mol. The van der Waals surface area contributed by atoms with Crippen LogP contribution >= 0.6 is 23.2 Å². The van der Waals surface area contributed by atoms with Gasteiger partial charge in [-0.2, -0.15) is 0 Å². The summed E-state index contributed by atoms with van der Waals surface area (Å²) in [6.07, 6.45) is 2.51. The maximum atomic E-state index is 12.3. The maximum absolute atomic E-state index is 12.3. The largest absolute Gasteiger partial charge is 0.349 e. The summed E-state index contributed by atoms with van der Waals surface area (Å²) in [5.41, 5.74) is 0.00254. The van der Waals surface area contributed by atoms with Gasteiger partial charge in [-0.05, 0) is 25.0 Å². The first-order chi connectivity index (χ1) is 9.70. The molecule has 1 aromatic rings. The van der Waals surface area contributed by atoms with Gasteiger partial charge in [0, 0.05) is 6.04 Å². The van der Waals surface area contributed by atoms with E-state index in [-0.39, 0.29) is 26.5 Å². The maximum Gasteiger partial charge on any atom is 0.253 e. The fourth-order valence-electron chi connectivity index (χ4n) is 1.88. The van der Waals surface area contributed by atoms with Crippen LogP contribution in [0.5, 0.6) is 0 Å². The molecule has 0 spiro atoms. The van der Waals surface area contributed by atoms with E-state index in [9.17, 15) is 13.2 Å². The summed E-state index contributed by atoms with van der Waals surface area (Å²) in [5, 5.41) is 7.85. The number of benzene rings is 1. The molecule has 8 heteroatoms. The number of sulfonamides is 1. The van der Waals surface area contributed by atoms with Crippen molar-refractivity contribution in [3.8, 4) is 0 Å². The van der Waals surface area contributed by atoms with Crippen molar-refractivity contribution in [1.82, 2.24) is 5.32 Å². The van der Waals surface area contributed by atoms with Crippen molar-refractivity contribution in [2.45, 2.75) is 44.0 Å². The van der Waals surface area contributed by atoms with E-state index in [4.69, 9.17) is 28.3 Å². The fourth-order valence-corrected chi connectivity index (χ4v) is 2.93. The zero-order chi connectivity index (χ0) is 16.2. The molecular weight excluding hydrogens is 335 g/mol. The standard InChI is InChI=1S/C13H18Cl2N2O3S/c1-3-5-8(4-2)17-13(18)10-6-9(21(16,19)20)7-11(14)12(10)15/h6-8H,3-5H2,1-2H3,(H,17,18)(H2,16,19,20). The molecule has 1 unspecified atom stereocenters. The van der Waals surface area contributed by atoms with Gasteiger partial charge in [0.2, 0.25) is 10.0 Å². The average Bonchev–Trinajstić information content (AvgIpc) is 2.39. The van der Waals surface area contributed by atoms with Crippen LogP contribution in [0.4, 0.5) is 0 Å². The van der Waals surface area contributed by atoms with Gasteiger partial charge in [0.1, 0.15) is 0 Å². The lowest BCUT2D eigenvalue weighted by Gasteiger charge is -2.17. The molecule has 1 rings (SSSR count). The monoisotopic (exact) mass is 352 g/mol. The van der Waals surface area contributed by atoms with Crippen molar-refractivity contribution < 1.29 is 13.2 Å². The molecule has 1 atom stereocenters. The lowest BCUT2D eigenvalue weighted by atomic mass is 10.1. The van der Waals surface area contributed by atoms with Crippen LogP contribution in [-0.2, 0) is 10.0 Å². The summed E-state index contributed by atoms with van der Waals surface area (Å²) in [6.45, 7) is 3.97. The first-order valence-electron chi connectivity index (χ1n) is 6.53. The van der Waals surface area contributed by atoms with Gasteiger partial charge in [0.15, 0.2) is 0 Å². The van der Waals surface area contributed by atoms with Gasteiger partial charge < -0.3 is 5.32 Å². The molecule has 5 nitrogen and oxygen atoms in total. The molecule has 0 bridgehead atoms. The SMILES string of the molecule is CCCC(CC)NC(=O)c1cc(S(N)(=O)=O)cc(Cl)c1Cl. The topological polar surface area (TPSA) is 89.3 Å². The Labute approximate surface area is 134 Å². The van der Waals surface area contributed by atoms with E-state index in [1.165, 1.54) is 0 Å². The second kappa shape index (κ2) is 7.45. The smallest absolute Gasteiger partial charge is 0.253 e. The molecule has 0 radical (unpaired) electrons. The van der Waals surface area contributed by atoms with Gasteiger partial charge in [-0.25, -0.2) is 13.6 Å². The van der Waals surface area contributed by atoms with E-state index in [0.29, 0.717) is 0 Å². The molecular formula is C13H18Cl2N2O3S. The Morgan fingerprint density at radius 1 is 1.33 bits per heavy atom. The molecule has 0 saturated heterocycles. The van der Waals surface area contributed by atoms with Crippen molar-refractivity contribution in [2.24, 2.45) is 5.14 Å². The molecule has 0 aliphatic carbocycles. The number of hydrogen-bond acceptors (Lipinski definition) is 3. The number of primary sulfonamides is 1. The lowest BCUT2D eigenvalue weighted by molar-refractivity contribution is 0.0933. The molecule has 0 aliphatic rings. The van der Waals surface area contributed by atoms with Crippen LogP contribution < -0.4 is 10.5 Å². The van der Waals surface area contributed by atoms with Crippen molar-refractivity contribution >= 4 is 39.1 Å². The van der Waals surface area contributed by atoms with Crippen LogP contribution in [0, 0.1) is 0 Å². The van der Waals surface area contributed by atoms with Crippen molar-refractivity contribution in [1.29, 1.82) is 0 Å². The zero-order valence-electron chi connectivity index (χ0n) is 11.8. The molecule has 0 aliphatic heterocycles. The van der Waals surface area contributed by atoms with Crippen LogP contribution in [-0.4, -0.2) is 20.4 Å². The van der Waals surface area contributed by atoms with E-state index in [1.54, 1.807) is 0 Å². The lowest BCUT2D eigenvalue weighted by Crippen LogP contribution is -2.34. The molecule has 0 saturated carbocycles. The van der Waals surface area contributed by atoms with Crippen molar-refractivity contribution in [2.75, 3.05) is 0 Å². The number of nitrogens with one attached hydrogen (secondary N) is 1. The van der Waals surface area contributed by atoms with Crippen LogP contribution in [0.2, 0.25) is 10.0 Å². The quantitative estimate of drug-likeness (QED) is 0.824. The first kappa shape index (κ1) is 18.2. The third-order valence-electron chi connectivity index (χ3n) is 3.04. The third-order valence-corrected chi connectivity index (χ3v) is 4.73. The summed E-state index contributed by atoms with van der Waals surface area (Å²) in [7, 11) is -3.97. The van der Waals surface area contributed by atoms with Gasteiger partial charge in [0.05, 0.1) is 20.5 Å². The number of hydrogen-bond donors (Lipinski definition) is 2. The van der Waals surface area contributed by atoms with E-state index in [1.807, 2.05) is 13.8 Å². The zero-order valence-corrected chi connectivity index (χ0v) is 14.1. The number of amides is 1. The predicted molar refractivity (Wildman–Crippen MR) is 84.3 cm³/mol. The number of carbonyl (C=O) groups is 1. The van der Waals surface area contributed by atoms with Gasteiger partial charge in [-0.15, -0.1) is 0 Å². The molecule has 1 amide bonds. The van der Waals surface area contributed by atoms with Crippen molar-refractivity contribution in [3.05, 3.63) is 27.7 Å². The van der Waals surface area contributed by atoms with Gasteiger partial charge in [-0.1, -0.05) is 43.5 Å². The highest BCUT2D eigenvalue weighted by molar-refractivity contribution is 7.89. The molecule has 1 aromatic carbocycles. The number of halogens is 2. The fraction of sp³-hybridized carbons (Fsp3) is 0.462. The predicted octanol–water partition coefficient (Wildman–Crippen LogP) is 2.95. The van der Waals surface area contributed by atoms with Crippen LogP contribution in [0.3, 0.4) is 0 Å².